The molecule has 1 aliphatic rings. The first-order chi connectivity index (χ1) is 11.5. The molecule has 1 amide bonds. The summed E-state index contributed by atoms with van der Waals surface area (Å²) in [6, 6.07) is 5.01. The highest BCUT2D eigenvalue weighted by Crippen LogP contribution is 2.24. The predicted octanol–water partition coefficient (Wildman–Crippen LogP) is 1.78. The Kier molecular flexibility index (Phi) is 4.86. The molecule has 7 nitrogen and oxygen atoms in total. The van der Waals surface area contributed by atoms with E-state index in [4.69, 9.17) is 20.9 Å². The van der Waals surface area contributed by atoms with Crippen molar-refractivity contribution in [2.75, 3.05) is 24.3 Å². The van der Waals surface area contributed by atoms with Crippen molar-refractivity contribution < 1.29 is 14.3 Å². The molecule has 1 fully saturated rings. The minimum absolute atomic E-state index is 0.101. The SMILES string of the molecule is Cc1cnc(NC2COCC(Oc3ccc(C(N)=O)c(N)c3)C2)s1. The van der Waals surface area contributed by atoms with E-state index in [9.17, 15) is 4.79 Å². The van der Waals surface area contributed by atoms with Crippen molar-refractivity contribution in [3.63, 3.8) is 0 Å². The number of rotatable bonds is 5. The Bertz CT molecular complexity index is 734. The van der Waals surface area contributed by atoms with Gasteiger partial charge in [0.25, 0.3) is 5.91 Å². The quantitative estimate of drug-likeness (QED) is 0.710. The van der Waals surface area contributed by atoms with Crippen LogP contribution in [0.3, 0.4) is 0 Å². The van der Waals surface area contributed by atoms with Crippen LogP contribution in [0.5, 0.6) is 5.75 Å². The molecule has 5 N–H and O–H groups in total. The fourth-order valence-electron chi connectivity index (χ4n) is 2.60. The molecule has 0 spiro atoms. The topological polar surface area (TPSA) is 112 Å². The maximum atomic E-state index is 11.2. The van der Waals surface area contributed by atoms with Gasteiger partial charge in [-0.05, 0) is 19.1 Å². The number of benzene rings is 1. The second kappa shape index (κ2) is 7.06. The van der Waals surface area contributed by atoms with Gasteiger partial charge in [-0.15, -0.1) is 11.3 Å². The number of nitrogens with zero attached hydrogens (tertiary/aromatic N) is 1. The first-order valence-corrected chi connectivity index (χ1v) is 8.45. The molecular weight excluding hydrogens is 328 g/mol. The van der Waals surface area contributed by atoms with Crippen molar-refractivity contribution in [2.24, 2.45) is 5.73 Å². The van der Waals surface area contributed by atoms with Gasteiger partial charge in [-0.1, -0.05) is 0 Å². The van der Waals surface area contributed by atoms with Gasteiger partial charge in [0.05, 0.1) is 24.8 Å². The van der Waals surface area contributed by atoms with Crippen LogP contribution in [-0.2, 0) is 4.74 Å². The zero-order chi connectivity index (χ0) is 17.1. The standard InChI is InChI=1S/C16H20N4O3S/c1-9-6-19-16(24-9)20-10-4-12(8-22-7-10)23-11-2-3-13(15(18)21)14(17)5-11/h2-3,5-6,10,12H,4,7-8,17H2,1H3,(H2,18,21)(H,19,20). The number of nitrogen functional groups attached to an aromatic ring is 1. The number of ether oxygens (including phenoxy) is 2. The number of carbonyl (C=O) groups is 1. The molecule has 1 aromatic carbocycles. The van der Waals surface area contributed by atoms with Gasteiger partial charge in [0.1, 0.15) is 11.9 Å². The lowest BCUT2D eigenvalue weighted by atomic mass is 10.1. The van der Waals surface area contributed by atoms with Crippen LogP contribution in [0.2, 0.25) is 0 Å². The average molecular weight is 348 g/mol. The molecule has 2 heterocycles. The third kappa shape index (κ3) is 3.95. The highest BCUT2D eigenvalue weighted by molar-refractivity contribution is 7.15. The molecule has 8 heteroatoms. The van der Waals surface area contributed by atoms with Crippen LogP contribution in [0.15, 0.2) is 24.4 Å². The first kappa shape index (κ1) is 16.5. The van der Waals surface area contributed by atoms with Gasteiger partial charge >= 0.3 is 0 Å². The Hall–Kier alpha value is -2.32. The number of aromatic nitrogens is 1. The number of nitrogens with two attached hydrogens (primary N) is 2. The lowest BCUT2D eigenvalue weighted by molar-refractivity contribution is 0.000808. The summed E-state index contributed by atoms with van der Waals surface area (Å²) in [6.07, 6.45) is 2.53. The molecule has 0 bridgehead atoms. The lowest BCUT2D eigenvalue weighted by Gasteiger charge is -2.30. The summed E-state index contributed by atoms with van der Waals surface area (Å²) in [6.45, 7) is 3.14. The van der Waals surface area contributed by atoms with Gasteiger partial charge in [-0.25, -0.2) is 4.98 Å². The molecule has 2 aromatic rings. The monoisotopic (exact) mass is 348 g/mol. The molecule has 2 unspecified atom stereocenters. The maximum absolute atomic E-state index is 11.2. The Morgan fingerprint density at radius 1 is 1.46 bits per heavy atom. The predicted molar refractivity (Wildman–Crippen MR) is 93.5 cm³/mol. The van der Waals surface area contributed by atoms with Gasteiger partial charge in [0.15, 0.2) is 5.13 Å². The van der Waals surface area contributed by atoms with Crippen LogP contribution in [0.4, 0.5) is 10.8 Å². The molecular formula is C16H20N4O3S. The van der Waals surface area contributed by atoms with Crippen molar-refractivity contribution >= 4 is 28.1 Å². The Balaban J connectivity index is 1.61. The molecule has 24 heavy (non-hydrogen) atoms. The van der Waals surface area contributed by atoms with Gasteiger partial charge < -0.3 is 26.3 Å². The molecule has 128 valence electrons. The van der Waals surface area contributed by atoms with Crippen LogP contribution in [0.25, 0.3) is 0 Å². The van der Waals surface area contributed by atoms with Crippen LogP contribution < -0.4 is 21.5 Å². The maximum Gasteiger partial charge on any atom is 0.250 e. The minimum atomic E-state index is -0.553. The van der Waals surface area contributed by atoms with Crippen LogP contribution in [-0.4, -0.2) is 36.3 Å². The molecule has 3 rings (SSSR count). The van der Waals surface area contributed by atoms with Crippen LogP contribution >= 0.6 is 11.3 Å². The summed E-state index contributed by atoms with van der Waals surface area (Å²) in [7, 11) is 0. The zero-order valence-electron chi connectivity index (χ0n) is 13.3. The van der Waals surface area contributed by atoms with E-state index in [2.05, 4.69) is 10.3 Å². The van der Waals surface area contributed by atoms with E-state index in [1.807, 2.05) is 13.1 Å². The second-order valence-corrected chi connectivity index (χ2v) is 6.98. The number of nitrogens with one attached hydrogen (secondary N) is 1. The van der Waals surface area contributed by atoms with Gasteiger partial charge in [-0.2, -0.15) is 0 Å². The van der Waals surface area contributed by atoms with Crippen molar-refractivity contribution in [3.05, 3.63) is 34.8 Å². The van der Waals surface area contributed by atoms with Crippen molar-refractivity contribution in [2.45, 2.75) is 25.5 Å². The van der Waals surface area contributed by atoms with E-state index in [0.717, 1.165) is 16.4 Å². The number of carbonyl (C=O) groups excluding carboxylic acids is 1. The number of thiazole rings is 1. The Morgan fingerprint density at radius 2 is 2.29 bits per heavy atom. The number of hydrogen-bond donors (Lipinski definition) is 3. The van der Waals surface area contributed by atoms with E-state index >= 15 is 0 Å². The van der Waals surface area contributed by atoms with E-state index in [1.54, 1.807) is 29.5 Å². The molecule has 0 aliphatic carbocycles. The summed E-state index contributed by atoms with van der Waals surface area (Å²) in [5, 5.41) is 4.26. The summed E-state index contributed by atoms with van der Waals surface area (Å²) in [4.78, 5) is 16.7. The first-order valence-electron chi connectivity index (χ1n) is 7.64. The van der Waals surface area contributed by atoms with Crippen LogP contribution in [0.1, 0.15) is 21.7 Å². The second-order valence-electron chi connectivity index (χ2n) is 5.74. The van der Waals surface area contributed by atoms with Gasteiger partial charge in [0, 0.05) is 29.2 Å². The van der Waals surface area contributed by atoms with E-state index in [1.165, 1.54) is 0 Å². The third-order valence-electron chi connectivity index (χ3n) is 3.71. The third-order valence-corrected chi connectivity index (χ3v) is 4.55. The Labute approximate surface area is 144 Å². The highest BCUT2D eigenvalue weighted by Gasteiger charge is 2.25. The number of amides is 1. The summed E-state index contributed by atoms with van der Waals surface area (Å²) < 4.78 is 11.6. The van der Waals surface area contributed by atoms with Gasteiger partial charge in [-0.3, -0.25) is 4.79 Å². The molecule has 1 saturated heterocycles. The van der Waals surface area contributed by atoms with E-state index < -0.39 is 5.91 Å². The van der Waals surface area contributed by atoms with Crippen molar-refractivity contribution in [1.82, 2.24) is 4.98 Å². The Morgan fingerprint density at radius 3 is 2.96 bits per heavy atom. The fourth-order valence-corrected chi connectivity index (χ4v) is 3.35. The summed E-state index contributed by atoms with van der Waals surface area (Å²) in [5.41, 5.74) is 11.7. The molecule has 2 atom stereocenters. The number of hydrogen-bond acceptors (Lipinski definition) is 7. The fraction of sp³-hybridized carbons (Fsp3) is 0.375. The molecule has 1 aliphatic heterocycles. The molecule has 1 aromatic heterocycles. The van der Waals surface area contributed by atoms with Crippen LogP contribution in [0, 0.1) is 6.92 Å². The summed E-state index contributed by atoms with van der Waals surface area (Å²) >= 11 is 1.61. The largest absolute Gasteiger partial charge is 0.488 e. The number of anilines is 2. The number of primary amides is 1. The van der Waals surface area contributed by atoms with E-state index in [-0.39, 0.29) is 12.1 Å². The molecule has 0 saturated carbocycles. The minimum Gasteiger partial charge on any atom is -0.488 e. The van der Waals surface area contributed by atoms with E-state index in [0.29, 0.717) is 30.2 Å². The van der Waals surface area contributed by atoms with Gasteiger partial charge in [0.2, 0.25) is 0 Å². The normalized spacial score (nSPS) is 20.5. The van der Waals surface area contributed by atoms with Crippen molar-refractivity contribution in [1.29, 1.82) is 0 Å². The average Bonchev–Trinajstić information content (AvgIpc) is 2.92. The number of aryl methyl sites for hydroxylation is 1. The lowest BCUT2D eigenvalue weighted by Crippen LogP contribution is -2.40. The van der Waals surface area contributed by atoms with Crippen molar-refractivity contribution in [3.8, 4) is 5.75 Å². The molecule has 0 radical (unpaired) electrons. The zero-order valence-corrected chi connectivity index (χ0v) is 14.1. The smallest absolute Gasteiger partial charge is 0.250 e. The highest BCUT2D eigenvalue weighted by atomic mass is 32.1. The summed E-state index contributed by atoms with van der Waals surface area (Å²) in [5.74, 6) is 0.0416.